The maximum Gasteiger partial charge on any atom is 0.415 e. The van der Waals surface area contributed by atoms with Crippen molar-refractivity contribution in [2.45, 2.75) is 59.5 Å². The number of amides is 1. The van der Waals surface area contributed by atoms with Gasteiger partial charge in [0, 0.05) is 18.1 Å². The lowest BCUT2D eigenvalue weighted by molar-refractivity contribution is 0.128. The van der Waals surface area contributed by atoms with Crippen molar-refractivity contribution in [3.05, 3.63) is 58.1 Å². The van der Waals surface area contributed by atoms with Crippen molar-refractivity contribution >= 4 is 17.7 Å². The zero-order valence-corrected chi connectivity index (χ0v) is 19.4. The molecular formula is C25H32ClNO3. The Morgan fingerprint density at radius 3 is 2.37 bits per heavy atom. The first kappa shape index (κ1) is 22.5. The van der Waals surface area contributed by atoms with E-state index in [0.717, 1.165) is 38.1 Å². The number of carbonyl (C=O) groups is 1. The number of benzene rings is 2. The van der Waals surface area contributed by atoms with Gasteiger partial charge in [-0.3, -0.25) is 0 Å². The highest BCUT2D eigenvalue weighted by Gasteiger charge is 2.27. The number of nitrogens with zero attached hydrogens (tertiary/aromatic N) is 1. The van der Waals surface area contributed by atoms with Crippen LogP contribution in [0.5, 0.6) is 11.5 Å². The second-order valence-corrected chi connectivity index (χ2v) is 9.67. The molecule has 0 aliphatic carbocycles. The van der Waals surface area contributed by atoms with Crippen molar-refractivity contribution in [1.29, 1.82) is 0 Å². The lowest BCUT2D eigenvalue weighted by atomic mass is 9.96. The van der Waals surface area contributed by atoms with E-state index in [9.17, 15) is 4.79 Å². The minimum absolute atomic E-state index is 0.203. The number of likely N-dealkylation sites (tertiary alicyclic amines) is 1. The third-order valence-corrected chi connectivity index (χ3v) is 5.58. The highest BCUT2D eigenvalue weighted by molar-refractivity contribution is 6.30. The maximum atomic E-state index is 12.4. The van der Waals surface area contributed by atoms with Crippen molar-refractivity contribution in [3.63, 3.8) is 0 Å². The summed E-state index contributed by atoms with van der Waals surface area (Å²) in [7, 11) is 0. The summed E-state index contributed by atoms with van der Waals surface area (Å²) in [6, 6.07) is 11.3. The fourth-order valence-electron chi connectivity index (χ4n) is 3.92. The molecule has 1 aliphatic heterocycles. The average molecular weight is 430 g/mol. The van der Waals surface area contributed by atoms with Crippen LogP contribution >= 0.6 is 11.6 Å². The summed E-state index contributed by atoms with van der Waals surface area (Å²) in [5.41, 5.74) is 3.48. The van der Waals surface area contributed by atoms with Gasteiger partial charge in [0.25, 0.3) is 0 Å². The van der Waals surface area contributed by atoms with Gasteiger partial charge in [-0.05, 0) is 101 Å². The second kappa shape index (κ2) is 9.30. The number of rotatable bonds is 5. The van der Waals surface area contributed by atoms with Crippen LogP contribution in [0.1, 0.15) is 50.3 Å². The van der Waals surface area contributed by atoms with Crippen LogP contribution in [0.15, 0.2) is 36.4 Å². The molecule has 2 aromatic rings. The van der Waals surface area contributed by atoms with Crippen molar-refractivity contribution in [1.82, 2.24) is 4.90 Å². The lowest BCUT2D eigenvalue weighted by Gasteiger charge is -2.24. The number of carbonyl (C=O) groups excluding carboxylic acids is 1. The molecule has 1 atom stereocenters. The van der Waals surface area contributed by atoms with E-state index >= 15 is 0 Å². The third-order valence-electron chi connectivity index (χ3n) is 5.33. The van der Waals surface area contributed by atoms with Gasteiger partial charge in [0.1, 0.15) is 17.1 Å². The Balaban J connectivity index is 1.52. The Kier molecular flexibility index (Phi) is 6.97. The fourth-order valence-corrected chi connectivity index (χ4v) is 4.05. The number of hydrogen-bond donors (Lipinski definition) is 0. The quantitative estimate of drug-likeness (QED) is 0.538. The first-order chi connectivity index (χ1) is 14.1. The number of aryl methyl sites for hydroxylation is 3. The van der Waals surface area contributed by atoms with Gasteiger partial charge in [-0.1, -0.05) is 23.7 Å². The van der Waals surface area contributed by atoms with Gasteiger partial charge in [-0.15, -0.1) is 0 Å². The van der Waals surface area contributed by atoms with E-state index in [0.29, 0.717) is 16.7 Å². The van der Waals surface area contributed by atoms with Crippen LogP contribution < -0.4 is 9.47 Å². The number of halogens is 1. The topological polar surface area (TPSA) is 38.8 Å². The molecule has 0 bridgehead atoms. The van der Waals surface area contributed by atoms with E-state index in [-0.39, 0.29) is 11.7 Å². The molecule has 2 aromatic carbocycles. The Morgan fingerprint density at radius 2 is 1.77 bits per heavy atom. The first-order valence-corrected chi connectivity index (χ1v) is 11.0. The van der Waals surface area contributed by atoms with E-state index < -0.39 is 0 Å². The number of hydrogen-bond acceptors (Lipinski definition) is 3. The summed E-state index contributed by atoms with van der Waals surface area (Å²) in [6.07, 6.45) is 2.79. The molecule has 162 valence electrons. The van der Waals surface area contributed by atoms with Crippen molar-refractivity contribution < 1.29 is 14.3 Å². The van der Waals surface area contributed by atoms with Gasteiger partial charge >= 0.3 is 6.09 Å². The van der Waals surface area contributed by atoms with Gasteiger partial charge in [0.15, 0.2) is 0 Å². The average Bonchev–Trinajstić information content (AvgIpc) is 3.13. The molecule has 1 unspecified atom stereocenters. The molecular weight excluding hydrogens is 398 g/mol. The van der Waals surface area contributed by atoms with Crippen molar-refractivity contribution in [2.24, 2.45) is 5.92 Å². The Bertz CT molecular complexity index is 863. The Hall–Kier alpha value is -2.20. The van der Waals surface area contributed by atoms with E-state index in [4.69, 9.17) is 21.1 Å². The van der Waals surface area contributed by atoms with Crippen LogP contribution in [0, 0.1) is 19.8 Å². The van der Waals surface area contributed by atoms with Gasteiger partial charge in [0.05, 0.1) is 0 Å². The molecule has 1 amide bonds. The van der Waals surface area contributed by atoms with E-state index in [2.05, 4.69) is 46.8 Å². The molecule has 0 spiro atoms. The second-order valence-electron chi connectivity index (χ2n) is 9.23. The molecule has 0 N–H and O–H groups in total. The molecule has 1 aliphatic rings. The van der Waals surface area contributed by atoms with Crippen molar-refractivity contribution in [2.75, 3.05) is 13.1 Å². The first-order valence-electron chi connectivity index (χ1n) is 10.6. The summed E-state index contributed by atoms with van der Waals surface area (Å²) < 4.78 is 11.6. The van der Waals surface area contributed by atoms with Gasteiger partial charge in [-0.25, -0.2) is 4.79 Å². The highest BCUT2D eigenvalue weighted by Crippen LogP contribution is 2.30. The molecule has 5 heteroatoms. The molecule has 1 heterocycles. The molecule has 30 heavy (non-hydrogen) atoms. The summed E-state index contributed by atoms with van der Waals surface area (Å²) in [5, 5.41) is 0.625. The highest BCUT2D eigenvalue weighted by atomic mass is 35.5. The van der Waals surface area contributed by atoms with Gasteiger partial charge < -0.3 is 14.4 Å². The van der Waals surface area contributed by atoms with Crippen LogP contribution in [0.25, 0.3) is 0 Å². The van der Waals surface area contributed by atoms with E-state index in [1.54, 1.807) is 29.2 Å². The van der Waals surface area contributed by atoms with Gasteiger partial charge in [-0.2, -0.15) is 0 Å². The van der Waals surface area contributed by atoms with Crippen LogP contribution in [-0.4, -0.2) is 29.7 Å². The molecule has 0 radical (unpaired) electrons. The van der Waals surface area contributed by atoms with Gasteiger partial charge in [0.2, 0.25) is 0 Å². The van der Waals surface area contributed by atoms with Crippen LogP contribution in [0.3, 0.4) is 0 Å². The minimum atomic E-state index is -0.282. The fraction of sp³-hybridized carbons (Fsp3) is 0.480. The maximum absolute atomic E-state index is 12.4. The Morgan fingerprint density at radius 1 is 1.13 bits per heavy atom. The molecule has 4 nitrogen and oxygen atoms in total. The molecule has 0 saturated carbocycles. The zero-order chi connectivity index (χ0) is 21.9. The summed E-state index contributed by atoms with van der Waals surface area (Å²) in [4.78, 5) is 14.2. The standard InChI is InChI=1S/C25H32ClNO3/c1-17-14-20(15-18(2)23(17)30-25(3,4)5)7-6-19-12-13-27(16-19)24(28)29-22-10-8-21(26)9-11-22/h8-11,14-15,19H,6-7,12-13,16H2,1-5H3. The molecule has 1 fully saturated rings. The summed E-state index contributed by atoms with van der Waals surface area (Å²) in [6.45, 7) is 11.9. The summed E-state index contributed by atoms with van der Waals surface area (Å²) >= 11 is 5.88. The number of ether oxygens (including phenoxy) is 2. The molecule has 0 aromatic heterocycles. The largest absolute Gasteiger partial charge is 0.488 e. The Labute approximate surface area is 185 Å². The lowest BCUT2D eigenvalue weighted by Crippen LogP contribution is -2.31. The van der Waals surface area contributed by atoms with E-state index in [1.165, 1.54) is 16.7 Å². The van der Waals surface area contributed by atoms with Crippen LogP contribution in [0.2, 0.25) is 5.02 Å². The van der Waals surface area contributed by atoms with Crippen LogP contribution in [0.4, 0.5) is 4.79 Å². The normalized spacial score (nSPS) is 16.6. The SMILES string of the molecule is Cc1cc(CCC2CCN(C(=O)Oc3ccc(Cl)cc3)C2)cc(C)c1OC(C)(C)C. The molecule has 1 saturated heterocycles. The predicted molar refractivity (Wildman–Crippen MR) is 122 cm³/mol. The third kappa shape index (κ3) is 6.15. The monoisotopic (exact) mass is 429 g/mol. The minimum Gasteiger partial charge on any atom is -0.488 e. The molecule has 3 rings (SSSR count). The van der Waals surface area contributed by atoms with E-state index in [1.807, 2.05) is 0 Å². The van der Waals surface area contributed by atoms with Crippen LogP contribution in [-0.2, 0) is 6.42 Å². The zero-order valence-electron chi connectivity index (χ0n) is 18.6. The summed E-state index contributed by atoms with van der Waals surface area (Å²) in [5.74, 6) is 2.01. The predicted octanol–water partition coefficient (Wildman–Crippen LogP) is 6.59. The van der Waals surface area contributed by atoms with Crippen molar-refractivity contribution in [3.8, 4) is 11.5 Å². The smallest absolute Gasteiger partial charge is 0.415 e.